The number of nitrogens with zero attached hydrogens (tertiary/aromatic N) is 1. The van der Waals surface area contributed by atoms with Crippen LogP contribution in [-0.4, -0.2) is 4.98 Å². The van der Waals surface area contributed by atoms with Crippen LogP contribution in [0.1, 0.15) is 5.69 Å². The number of rotatable bonds is 4. The number of nitrogen functional groups attached to an aromatic ring is 1. The van der Waals surface area contributed by atoms with E-state index in [9.17, 15) is 0 Å². The smallest absolute Gasteiger partial charge is 0.140 e. The van der Waals surface area contributed by atoms with Crippen LogP contribution in [0.5, 0.6) is 5.75 Å². The molecule has 0 saturated carbocycles. The normalized spacial score (nSPS) is 10.2. The van der Waals surface area contributed by atoms with E-state index in [-0.39, 0.29) is 6.61 Å². The number of aromatic nitrogens is 1. The van der Waals surface area contributed by atoms with E-state index in [1.165, 1.54) is 0 Å². The van der Waals surface area contributed by atoms with E-state index >= 15 is 0 Å². The SMILES string of the molecule is NNc1ccc(Cl)c(COc2cccc(Cl)c2)n1. The Morgan fingerprint density at radius 3 is 2.78 bits per heavy atom. The van der Waals surface area contributed by atoms with Crippen LogP contribution in [0, 0.1) is 0 Å². The molecule has 2 rings (SSSR count). The molecule has 6 heteroatoms. The van der Waals surface area contributed by atoms with Gasteiger partial charge in [0, 0.05) is 5.02 Å². The molecule has 0 unspecified atom stereocenters. The summed E-state index contributed by atoms with van der Waals surface area (Å²) in [5.74, 6) is 6.47. The molecule has 0 bridgehead atoms. The lowest BCUT2D eigenvalue weighted by atomic mass is 10.3. The average molecular weight is 284 g/mol. The number of halogens is 2. The first-order chi connectivity index (χ1) is 8.69. The average Bonchev–Trinajstić information content (AvgIpc) is 2.38. The third-order valence-electron chi connectivity index (χ3n) is 2.24. The van der Waals surface area contributed by atoms with Crippen molar-refractivity contribution in [1.82, 2.24) is 4.98 Å². The zero-order chi connectivity index (χ0) is 13.0. The Hall–Kier alpha value is -1.49. The van der Waals surface area contributed by atoms with Gasteiger partial charge in [0.15, 0.2) is 0 Å². The summed E-state index contributed by atoms with van der Waals surface area (Å²) in [4.78, 5) is 4.20. The molecule has 0 aliphatic carbocycles. The van der Waals surface area contributed by atoms with Crippen LogP contribution in [0.25, 0.3) is 0 Å². The van der Waals surface area contributed by atoms with E-state index in [0.29, 0.717) is 27.3 Å². The van der Waals surface area contributed by atoms with Gasteiger partial charge in [-0.25, -0.2) is 10.8 Å². The van der Waals surface area contributed by atoms with Gasteiger partial charge in [-0.3, -0.25) is 0 Å². The molecule has 0 aliphatic rings. The Bertz CT molecular complexity index is 549. The van der Waals surface area contributed by atoms with Crippen LogP contribution in [0.3, 0.4) is 0 Å². The van der Waals surface area contributed by atoms with Gasteiger partial charge in [0.2, 0.25) is 0 Å². The second kappa shape index (κ2) is 5.91. The van der Waals surface area contributed by atoms with Gasteiger partial charge in [0.05, 0.1) is 10.7 Å². The number of hydrogen-bond donors (Lipinski definition) is 2. The van der Waals surface area contributed by atoms with Crippen LogP contribution in [0.15, 0.2) is 36.4 Å². The molecule has 2 aromatic rings. The van der Waals surface area contributed by atoms with Crippen molar-refractivity contribution in [3.8, 4) is 5.75 Å². The first kappa shape index (κ1) is 13.0. The number of nitrogens with one attached hydrogen (secondary N) is 1. The number of anilines is 1. The Labute approximate surface area is 115 Å². The summed E-state index contributed by atoms with van der Waals surface area (Å²) in [6.07, 6.45) is 0. The number of nitrogens with two attached hydrogens (primary N) is 1. The standard InChI is InChI=1S/C12H11Cl2N3O/c13-8-2-1-3-9(6-8)18-7-11-10(14)4-5-12(16-11)17-15/h1-6H,7,15H2,(H,16,17). The zero-order valence-electron chi connectivity index (χ0n) is 9.36. The summed E-state index contributed by atoms with van der Waals surface area (Å²) in [6, 6.07) is 10.5. The van der Waals surface area contributed by atoms with Gasteiger partial charge in [0.25, 0.3) is 0 Å². The Balaban J connectivity index is 2.10. The fourth-order valence-corrected chi connectivity index (χ4v) is 1.71. The fraction of sp³-hybridized carbons (Fsp3) is 0.0833. The highest BCUT2D eigenvalue weighted by atomic mass is 35.5. The maximum absolute atomic E-state index is 6.01. The van der Waals surface area contributed by atoms with Gasteiger partial charge < -0.3 is 10.2 Å². The van der Waals surface area contributed by atoms with Crippen molar-refractivity contribution in [2.75, 3.05) is 5.43 Å². The van der Waals surface area contributed by atoms with E-state index in [4.69, 9.17) is 33.8 Å². The second-order valence-electron chi connectivity index (χ2n) is 3.52. The van der Waals surface area contributed by atoms with Crippen LogP contribution < -0.4 is 16.0 Å². The third-order valence-corrected chi connectivity index (χ3v) is 2.82. The maximum Gasteiger partial charge on any atom is 0.140 e. The first-order valence-corrected chi connectivity index (χ1v) is 5.95. The summed E-state index contributed by atoms with van der Waals surface area (Å²) in [6.45, 7) is 0.245. The Morgan fingerprint density at radius 2 is 2.06 bits per heavy atom. The molecule has 18 heavy (non-hydrogen) atoms. The second-order valence-corrected chi connectivity index (χ2v) is 4.36. The quantitative estimate of drug-likeness (QED) is 0.668. The number of hydrogen-bond acceptors (Lipinski definition) is 4. The summed E-state index contributed by atoms with van der Waals surface area (Å²) >= 11 is 11.9. The monoisotopic (exact) mass is 283 g/mol. The summed E-state index contributed by atoms with van der Waals surface area (Å²) < 4.78 is 5.55. The Kier molecular flexibility index (Phi) is 4.25. The molecule has 3 N–H and O–H groups in total. The van der Waals surface area contributed by atoms with Gasteiger partial charge in [-0.15, -0.1) is 0 Å². The molecule has 0 saturated heterocycles. The fourth-order valence-electron chi connectivity index (χ4n) is 1.37. The molecule has 0 atom stereocenters. The highest BCUT2D eigenvalue weighted by Crippen LogP contribution is 2.21. The molecule has 0 amide bonds. The predicted octanol–water partition coefficient (Wildman–Crippen LogP) is 3.25. The Morgan fingerprint density at radius 1 is 1.22 bits per heavy atom. The minimum absolute atomic E-state index is 0.245. The van der Waals surface area contributed by atoms with E-state index in [2.05, 4.69) is 10.4 Å². The van der Waals surface area contributed by atoms with Crippen molar-refractivity contribution >= 4 is 29.0 Å². The summed E-state index contributed by atoms with van der Waals surface area (Å²) in [7, 11) is 0. The summed E-state index contributed by atoms with van der Waals surface area (Å²) in [5.41, 5.74) is 3.06. The highest BCUT2D eigenvalue weighted by molar-refractivity contribution is 6.31. The van der Waals surface area contributed by atoms with Crippen molar-refractivity contribution in [3.05, 3.63) is 52.1 Å². The van der Waals surface area contributed by atoms with Crippen molar-refractivity contribution in [2.45, 2.75) is 6.61 Å². The van der Waals surface area contributed by atoms with Crippen LogP contribution >= 0.6 is 23.2 Å². The third kappa shape index (κ3) is 3.26. The largest absolute Gasteiger partial charge is 0.487 e. The minimum Gasteiger partial charge on any atom is -0.487 e. The number of benzene rings is 1. The van der Waals surface area contributed by atoms with Gasteiger partial charge in [-0.1, -0.05) is 29.3 Å². The van der Waals surface area contributed by atoms with Crippen molar-refractivity contribution in [2.24, 2.45) is 5.84 Å². The topological polar surface area (TPSA) is 60.2 Å². The molecule has 94 valence electrons. The lowest BCUT2D eigenvalue weighted by Crippen LogP contribution is -2.10. The molecule has 4 nitrogen and oxygen atoms in total. The van der Waals surface area contributed by atoms with E-state index in [1.807, 2.05) is 12.1 Å². The molecule has 0 spiro atoms. The number of ether oxygens (including phenoxy) is 1. The molecule has 0 radical (unpaired) electrons. The van der Waals surface area contributed by atoms with Crippen molar-refractivity contribution in [3.63, 3.8) is 0 Å². The molecule has 1 aromatic carbocycles. The summed E-state index contributed by atoms with van der Waals surface area (Å²) in [5, 5.41) is 1.14. The number of pyridine rings is 1. The molecule has 0 fully saturated rings. The first-order valence-electron chi connectivity index (χ1n) is 5.19. The molecule has 1 heterocycles. The molecular weight excluding hydrogens is 273 g/mol. The maximum atomic E-state index is 6.01. The highest BCUT2D eigenvalue weighted by Gasteiger charge is 2.05. The van der Waals surface area contributed by atoms with Gasteiger partial charge in [0.1, 0.15) is 18.2 Å². The van der Waals surface area contributed by atoms with E-state index < -0.39 is 0 Å². The van der Waals surface area contributed by atoms with Gasteiger partial charge in [-0.2, -0.15) is 0 Å². The number of hydrazine groups is 1. The molecule has 0 aliphatic heterocycles. The lowest BCUT2D eigenvalue weighted by Gasteiger charge is -2.08. The van der Waals surface area contributed by atoms with Gasteiger partial charge >= 0.3 is 0 Å². The van der Waals surface area contributed by atoms with E-state index in [0.717, 1.165) is 0 Å². The van der Waals surface area contributed by atoms with Crippen LogP contribution in [0.4, 0.5) is 5.82 Å². The van der Waals surface area contributed by atoms with E-state index in [1.54, 1.807) is 24.3 Å². The molecule has 1 aromatic heterocycles. The van der Waals surface area contributed by atoms with Crippen LogP contribution in [-0.2, 0) is 6.61 Å². The molecular formula is C12H11Cl2N3O. The van der Waals surface area contributed by atoms with Crippen molar-refractivity contribution < 1.29 is 4.74 Å². The zero-order valence-corrected chi connectivity index (χ0v) is 10.9. The lowest BCUT2D eigenvalue weighted by molar-refractivity contribution is 0.301. The van der Waals surface area contributed by atoms with Crippen molar-refractivity contribution in [1.29, 1.82) is 0 Å². The predicted molar refractivity (Wildman–Crippen MR) is 72.8 cm³/mol. The minimum atomic E-state index is 0.245. The van der Waals surface area contributed by atoms with Crippen LogP contribution in [0.2, 0.25) is 10.0 Å². The van der Waals surface area contributed by atoms with Gasteiger partial charge in [-0.05, 0) is 30.3 Å².